The van der Waals surface area contributed by atoms with Crippen LogP contribution in [0.15, 0.2) is 42.6 Å². The Morgan fingerprint density at radius 3 is 2.76 bits per heavy atom. The van der Waals surface area contributed by atoms with E-state index in [9.17, 15) is 0 Å². The van der Waals surface area contributed by atoms with Gasteiger partial charge in [-0.15, -0.1) is 0 Å². The molecule has 3 nitrogen and oxygen atoms in total. The van der Waals surface area contributed by atoms with Crippen LogP contribution >= 0.6 is 0 Å². The van der Waals surface area contributed by atoms with Gasteiger partial charge < -0.3 is 10.5 Å². The van der Waals surface area contributed by atoms with Crippen LogP contribution in [0.2, 0.25) is 0 Å². The highest BCUT2D eigenvalue weighted by atomic mass is 16.5. The molecule has 0 unspecified atom stereocenters. The first kappa shape index (κ1) is 11.6. The number of aryl methyl sites for hydroxylation is 1. The Kier molecular flexibility index (Phi) is 3.40. The van der Waals surface area contributed by atoms with E-state index >= 15 is 0 Å². The predicted molar refractivity (Wildman–Crippen MR) is 68.1 cm³/mol. The van der Waals surface area contributed by atoms with Crippen LogP contribution in [-0.2, 0) is 0 Å². The van der Waals surface area contributed by atoms with E-state index in [1.165, 1.54) is 0 Å². The highest BCUT2D eigenvalue weighted by Gasteiger charge is 2.09. The summed E-state index contributed by atoms with van der Waals surface area (Å²) >= 11 is 0. The Bertz CT molecular complexity index is 509. The van der Waals surface area contributed by atoms with Gasteiger partial charge in [0.2, 0.25) is 5.88 Å². The number of hydrogen-bond acceptors (Lipinski definition) is 3. The van der Waals surface area contributed by atoms with Gasteiger partial charge >= 0.3 is 0 Å². The summed E-state index contributed by atoms with van der Waals surface area (Å²) in [4.78, 5) is 4.22. The molecule has 0 spiro atoms. The Labute approximate surface area is 101 Å². The monoisotopic (exact) mass is 228 g/mol. The number of hydrogen-bond donors (Lipinski definition) is 1. The number of ether oxygens (including phenoxy) is 1. The first-order valence-electron chi connectivity index (χ1n) is 5.62. The lowest BCUT2D eigenvalue weighted by Gasteiger charge is -2.12. The van der Waals surface area contributed by atoms with Crippen LogP contribution in [0.25, 0.3) is 0 Å². The predicted octanol–water partition coefficient (Wildman–Crippen LogP) is 3.20. The van der Waals surface area contributed by atoms with Crippen LogP contribution in [0.5, 0.6) is 11.6 Å². The van der Waals surface area contributed by atoms with Gasteiger partial charge in [0.15, 0.2) is 0 Å². The maximum absolute atomic E-state index is 5.88. The van der Waals surface area contributed by atoms with Gasteiger partial charge in [0.05, 0.1) is 0 Å². The second kappa shape index (κ2) is 4.97. The number of benzene rings is 1. The summed E-state index contributed by atoms with van der Waals surface area (Å²) in [5.74, 6) is 1.36. The van der Waals surface area contributed by atoms with Crippen molar-refractivity contribution in [2.45, 2.75) is 19.9 Å². The molecule has 0 bridgehead atoms. The Balaban J connectivity index is 2.30. The molecule has 0 fully saturated rings. The summed E-state index contributed by atoms with van der Waals surface area (Å²) in [5, 5.41) is 0. The molecule has 0 aliphatic heterocycles. The van der Waals surface area contributed by atoms with E-state index in [1.807, 2.05) is 50.2 Å². The summed E-state index contributed by atoms with van der Waals surface area (Å²) in [6, 6.07) is 11.6. The molecule has 1 heterocycles. The lowest BCUT2D eigenvalue weighted by Crippen LogP contribution is -2.07. The third-order valence-electron chi connectivity index (χ3n) is 2.50. The largest absolute Gasteiger partial charge is 0.439 e. The minimum Gasteiger partial charge on any atom is -0.439 e. The number of rotatable bonds is 3. The Hall–Kier alpha value is -1.87. The van der Waals surface area contributed by atoms with E-state index in [1.54, 1.807) is 6.20 Å². The summed E-state index contributed by atoms with van der Waals surface area (Å²) < 4.78 is 5.76. The van der Waals surface area contributed by atoms with Gasteiger partial charge in [0.25, 0.3) is 0 Å². The molecular formula is C14H16N2O. The fourth-order valence-corrected chi connectivity index (χ4v) is 1.63. The topological polar surface area (TPSA) is 48.1 Å². The van der Waals surface area contributed by atoms with Gasteiger partial charge in [0, 0.05) is 17.8 Å². The number of pyridine rings is 1. The quantitative estimate of drug-likeness (QED) is 0.877. The molecule has 0 saturated carbocycles. The normalized spacial score (nSPS) is 12.2. The van der Waals surface area contributed by atoms with Gasteiger partial charge in [-0.1, -0.05) is 18.2 Å². The van der Waals surface area contributed by atoms with Crippen molar-refractivity contribution in [3.05, 3.63) is 53.7 Å². The molecule has 0 radical (unpaired) electrons. The molecule has 0 aliphatic carbocycles. The number of aromatic nitrogens is 1. The molecule has 0 saturated heterocycles. The van der Waals surface area contributed by atoms with E-state index in [0.717, 1.165) is 16.9 Å². The minimum absolute atomic E-state index is 0.0940. The average Bonchev–Trinajstić information content (AvgIpc) is 2.29. The zero-order valence-electron chi connectivity index (χ0n) is 10.1. The van der Waals surface area contributed by atoms with E-state index in [-0.39, 0.29) is 6.04 Å². The maximum Gasteiger partial charge on any atom is 0.223 e. The van der Waals surface area contributed by atoms with Gasteiger partial charge in [0.1, 0.15) is 5.75 Å². The van der Waals surface area contributed by atoms with Crippen molar-refractivity contribution in [3.63, 3.8) is 0 Å². The standard InChI is InChI=1S/C14H16N2O/c1-10-5-3-6-12(9-10)17-14-13(11(2)15)7-4-8-16-14/h3-9,11H,15H2,1-2H3/t11-/m0/s1. The van der Waals surface area contributed by atoms with Crippen molar-refractivity contribution in [3.8, 4) is 11.6 Å². The highest BCUT2D eigenvalue weighted by molar-refractivity contribution is 5.35. The highest BCUT2D eigenvalue weighted by Crippen LogP contribution is 2.26. The maximum atomic E-state index is 5.88. The number of nitrogens with two attached hydrogens (primary N) is 1. The van der Waals surface area contributed by atoms with Gasteiger partial charge in [-0.2, -0.15) is 0 Å². The third-order valence-corrected chi connectivity index (χ3v) is 2.50. The fraction of sp³-hybridized carbons (Fsp3) is 0.214. The molecule has 17 heavy (non-hydrogen) atoms. The molecule has 1 aromatic carbocycles. The van der Waals surface area contributed by atoms with Gasteiger partial charge in [-0.25, -0.2) is 4.98 Å². The number of nitrogens with zero attached hydrogens (tertiary/aromatic N) is 1. The summed E-state index contributed by atoms with van der Waals surface area (Å²) in [6.45, 7) is 3.94. The lowest BCUT2D eigenvalue weighted by atomic mass is 10.1. The van der Waals surface area contributed by atoms with Crippen LogP contribution < -0.4 is 10.5 Å². The lowest BCUT2D eigenvalue weighted by molar-refractivity contribution is 0.452. The Morgan fingerprint density at radius 2 is 2.06 bits per heavy atom. The van der Waals surface area contributed by atoms with E-state index in [0.29, 0.717) is 5.88 Å². The first-order chi connectivity index (χ1) is 8.16. The SMILES string of the molecule is Cc1cccc(Oc2ncccc2[C@H](C)N)c1. The molecule has 2 aromatic rings. The van der Waals surface area contributed by atoms with Gasteiger partial charge in [-0.05, 0) is 37.6 Å². The van der Waals surface area contributed by atoms with Crippen molar-refractivity contribution >= 4 is 0 Å². The summed E-state index contributed by atoms with van der Waals surface area (Å²) in [5.41, 5.74) is 7.94. The molecule has 88 valence electrons. The smallest absolute Gasteiger partial charge is 0.223 e. The van der Waals surface area contributed by atoms with Crippen LogP contribution in [0.1, 0.15) is 24.1 Å². The minimum atomic E-state index is -0.0940. The van der Waals surface area contributed by atoms with Crippen molar-refractivity contribution < 1.29 is 4.74 Å². The average molecular weight is 228 g/mol. The molecular weight excluding hydrogens is 212 g/mol. The zero-order valence-corrected chi connectivity index (χ0v) is 10.1. The molecule has 1 atom stereocenters. The van der Waals surface area contributed by atoms with E-state index < -0.39 is 0 Å². The molecule has 2 N–H and O–H groups in total. The fourth-order valence-electron chi connectivity index (χ4n) is 1.63. The van der Waals surface area contributed by atoms with Gasteiger partial charge in [-0.3, -0.25) is 0 Å². The molecule has 0 aliphatic rings. The first-order valence-corrected chi connectivity index (χ1v) is 5.62. The van der Waals surface area contributed by atoms with Crippen LogP contribution in [0.3, 0.4) is 0 Å². The van der Waals surface area contributed by atoms with Crippen molar-refractivity contribution in [2.75, 3.05) is 0 Å². The summed E-state index contributed by atoms with van der Waals surface area (Å²) in [6.07, 6.45) is 1.71. The van der Waals surface area contributed by atoms with Crippen molar-refractivity contribution in [2.24, 2.45) is 5.73 Å². The van der Waals surface area contributed by atoms with Crippen LogP contribution in [0.4, 0.5) is 0 Å². The second-order valence-corrected chi connectivity index (χ2v) is 4.11. The van der Waals surface area contributed by atoms with Crippen molar-refractivity contribution in [1.82, 2.24) is 4.98 Å². The van der Waals surface area contributed by atoms with E-state index in [4.69, 9.17) is 10.5 Å². The van der Waals surface area contributed by atoms with Crippen LogP contribution in [0, 0.1) is 6.92 Å². The molecule has 0 amide bonds. The van der Waals surface area contributed by atoms with Crippen molar-refractivity contribution in [1.29, 1.82) is 0 Å². The van der Waals surface area contributed by atoms with E-state index in [2.05, 4.69) is 4.98 Å². The van der Waals surface area contributed by atoms with Crippen LogP contribution in [-0.4, -0.2) is 4.98 Å². The molecule has 3 heteroatoms. The third kappa shape index (κ3) is 2.82. The molecule has 1 aromatic heterocycles. The summed E-state index contributed by atoms with van der Waals surface area (Å²) in [7, 11) is 0. The second-order valence-electron chi connectivity index (χ2n) is 4.11. The zero-order chi connectivity index (χ0) is 12.3. The Morgan fingerprint density at radius 1 is 1.24 bits per heavy atom. The molecule has 2 rings (SSSR count).